The predicted octanol–water partition coefficient (Wildman–Crippen LogP) is 4.10. The zero-order valence-electron chi connectivity index (χ0n) is 14.9. The fourth-order valence-electron chi connectivity index (χ4n) is 3.09. The third-order valence-electron chi connectivity index (χ3n) is 4.28. The highest BCUT2D eigenvalue weighted by Gasteiger charge is 2.51. The highest BCUT2D eigenvalue weighted by atomic mass is 19.4. The van der Waals surface area contributed by atoms with Crippen LogP contribution in [0.2, 0.25) is 0 Å². The number of likely N-dealkylation sites (tertiary alicyclic amines) is 1. The molecular weight excluding hydrogens is 351 g/mol. The van der Waals surface area contributed by atoms with E-state index in [0.29, 0.717) is 12.0 Å². The molecule has 0 aromatic heterocycles. The van der Waals surface area contributed by atoms with E-state index in [4.69, 9.17) is 4.74 Å². The van der Waals surface area contributed by atoms with E-state index in [1.165, 1.54) is 17.0 Å². The number of carboxylic acid groups (broad SMARTS) is 1. The Balaban J connectivity index is 2.29. The molecule has 1 atom stereocenters. The number of aliphatic carboxylic acids is 1. The van der Waals surface area contributed by atoms with Crippen molar-refractivity contribution in [3.8, 4) is 0 Å². The van der Waals surface area contributed by atoms with Gasteiger partial charge in [-0.25, -0.2) is 9.59 Å². The van der Waals surface area contributed by atoms with Crippen LogP contribution in [0.5, 0.6) is 0 Å². The lowest BCUT2D eigenvalue weighted by Crippen LogP contribution is -2.55. The Hall–Kier alpha value is -2.25. The minimum Gasteiger partial charge on any atom is -0.479 e. The summed E-state index contributed by atoms with van der Waals surface area (Å²) in [6.45, 7) is 5.26. The number of alkyl halides is 3. The number of benzene rings is 1. The molecular formula is C18H22F3NO4. The summed E-state index contributed by atoms with van der Waals surface area (Å²) in [5.41, 5.74) is -2.70. The molecule has 1 amide bonds. The SMILES string of the molecule is CC(C)(C)OC(=O)N1CCCC1(Cc1ccc(C(F)(F)F)cc1)C(=O)O. The lowest BCUT2D eigenvalue weighted by molar-refractivity contribution is -0.149. The van der Waals surface area contributed by atoms with Gasteiger partial charge in [0.25, 0.3) is 0 Å². The summed E-state index contributed by atoms with van der Waals surface area (Å²) in [6.07, 6.45) is -4.59. The van der Waals surface area contributed by atoms with Crippen molar-refractivity contribution in [2.24, 2.45) is 0 Å². The summed E-state index contributed by atoms with van der Waals surface area (Å²) in [5, 5.41) is 9.80. The van der Waals surface area contributed by atoms with E-state index in [-0.39, 0.29) is 19.4 Å². The van der Waals surface area contributed by atoms with Crippen molar-refractivity contribution >= 4 is 12.1 Å². The normalized spacial score (nSPS) is 20.9. The molecule has 144 valence electrons. The number of ether oxygens (including phenoxy) is 1. The number of amides is 1. The fraction of sp³-hybridized carbons (Fsp3) is 0.556. The molecule has 2 rings (SSSR count). The van der Waals surface area contributed by atoms with Gasteiger partial charge in [-0.15, -0.1) is 0 Å². The molecule has 5 nitrogen and oxygen atoms in total. The molecule has 1 fully saturated rings. The van der Waals surface area contributed by atoms with Gasteiger partial charge in [-0.2, -0.15) is 13.2 Å². The quantitative estimate of drug-likeness (QED) is 0.866. The van der Waals surface area contributed by atoms with Crippen molar-refractivity contribution in [1.82, 2.24) is 4.90 Å². The lowest BCUT2D eigenvalue weighted by atomic mass is 9.88. The average Bonchev–Trinajstić information content (AvgIpc) is 2.90. The first kappa shape index (κ1) is 20.1. The van der Waals surface area contributed by atoms with Gasteiger partial charge in [0.05, 0.1) is 5.56 Å². The molecule has 26 heavy (non-hydrogen) atoms. The van der Waals surface area contributed by atoms with Crippen LogP contribution in [0.4, 0.5) is 18.0 Å². The van der Waals surface area contributed by atoms with Crippen molar-refractivity contribution in [1.29, 1.82) is 0 Å². The molecule has 0 bridgehead atoms. The van der Waals surface area contributed by atoms with Gasteiger partial charge >= 0.3 is 18.2 Å². The number of carbonyl (C=O) groups excluding carboxylic acids is 1. The molecule has 1 aliphatic rings. The number of carbonyl (C=O) groups is 2. The van der Waals surface area contributed by atoms with E-state index < -0.39 is 34.9 Å². The fourth-order valence-corrected chi connectivity index (χ4v) is 3.09. The molecule has 0 aliphatic carbocycles. The van der Waals surface area contributed by atoms with E-state index in [1.54, 1.807) is 20.8 Å². The van der Waals surface area contributed by atoms with Gasteiger partial charge in [0.2, 0.25) is 0 Å². The van der Waals surface area contributed by atoms with Crippen LogP contribution in [0.25, 0.3) is 0 Å². The summed E-state index contributed by atoms with van der Waals surface area (Å²) in [4.78, 5) is 25.6. The topological polar surface area (TPSA) is 66.8 Å². The standard InChI is InChI=1S/C18H22F3NO4/c1-16(2,3)26-15(25)22-10-4-9-17(22,14(23)24)11-12-5-7-13(8-6-12)18(19,20)21/h5-8H,4,9-11H2,1-3H3,(H,23,24). The molecule has 1 heterocycles. The van der Waals surface area contributed by atoms with E-state index in [2.05, 4.69) is 0 Å². The number of hydrogen-bond donors (Lipinski definition) is 1. The first-order valence-corrected chi connectivity index (χ1v) is 8.25. The van der Waals surface area contributed by atoms with Crippen molar-refractivity contribution in [2.45, 2.75) is 57.3 Å². The first-order chi connectivity index (χ1) is 11.8. The zero-order chi connectivity index (χ0) is 19.8. The minimum absolute atomic E-state index is 0.0836. The summed E-state index contributed by atoms with van der Waals surface area (Å²) in [6, 6.07) is 4.33. The highest BCUT2D eigenvalue weighted by Crippen LogP contribution is 2.35. The molecule has 1 unspecified atom stereocenters. The van der Waals surface area contributed by atoms with E-state index in [9.17, 15) is 27.9 Å². The molecule has 0 spiro atoms. The lowest BCUT2D eigenvalue weighted by Gasteiger charge is -2.36. The zero-order valence-corrected chi connectivity index (χ0v) is 14.9. The maximum atomic E-state index is 12.7. The van der Waals surface area contributed by atoms with Crippen molar-refractivity contribution in [2.75, 3.05) is 6.54 Å². The van der Waals surface area contributed by atoms with Crippen LogP contribution in [0.3, 0.4) is 0 Å². The molecule has 8 heteroatoms. The Morgan fingerprint density at radius 3 is 2.23 bits per heavy atom. The van der Waals surface area contributed by atoms with E-state index in [1.807, 2.05) is 0 Å². The number of hydrogen-bond acceptors (Lipinski definition) is 3. The van der Waals surface area contributed by atoms with E-state index in [0.717, 1.165) is 12.1 Å². The number of halogens is 3. The molecule has 1 aromatic carbocycles. The summed E-state index contributed by atoms with van der Waals surface area (Å²) in [5.74, 6) is -1.19. The number of nitrogens with zero attached hydrogens (tertiary/aromatic N) is 1. The van der Waals surface area contributed by atoms with Gasteiger partial charge in [0, 0.05) is 13.0 Å². The minimum atomic E-state index is -4.46. The van der Waals surface area contributed by atoms with Gasteiger partial charge in [-0.05, 0) is 51.3 Å². The molecule has 1 N–H and O–H groups in total. The van der Waals surface area contributed by atoms with Gasteiger partial charge in [-0.1, -0.05) is 12.1 Å². The number of rotatable bonds is 3. The van der Waals surface area contributed by atoms with Gasteiger partial charge < -0.3 is 9.84 Å². The maximum Gasteiger partial charge on any atom is 0.416 e. The Kier molecular flexibility index (Phi) is 5.26. The van der Waals surface area contributed by atoms with Crippen LogP contribution >= 0.6 is 0 Å². The van der Waals surface area contributed by atoms with Crippen LogP contribution in [0.15, 0.2) is 24.3 Å². The molecule has 1 aromatic rings. The highest BCUT2D eigenvalue weighted by molar-refractivity contribution is 5.85. The third-order valence-corrected chi connectivity index (χ3v) is 4.28. The molecule has 1 aliphatic heterocycles. The van der Waals surface area contributed by atoms with Crippen molar-refractivity contribution in [3.05, 3.63) is 35.4 Å². The molecule has 0 radical (unpaired) electrons. The van der Waals surface area contributed by atoms with E-state index >= 15 is 0 Å². The van der Waals surface area contributed by atoms with Gasteiger partial charge in [0.15, 0.2) is 0 Å². The van der Waals surface area contributed by atoms with Crippen LogP contribution < -0.4 is 0 Å². The number of carboxylic acids is 1. The van der Waals surface area contributed by atoms with Crippen LogP contribution in [0.1, 0.15) is 44.7 Å². The van der Waals surface area contributed by atoms with Crippen molar-refractivity contribution < 1.29 is 32.6 Å². The molecule has 1 saturated heterocycles. The van der Waals surface area contributed by atoms with Crippen LogP contribution in [-0.4, -0.2) is 39.8 Å². The van der Waals surface area contributed by atoms with Crippen LogP contribution in [-0.2, 0) is 22.1 Å². The molecule has 0 saturated carbocycles. The monoisotopic (exact) mass is 373 g/mol. The second-order valence-electron chi connectivity index (χ2n) is 7.44. The van der Waals surface area contributed by atoms with Gasteiger partial charge in [-0.3, -0.25) is 4.90 Å². The Morgan fingerprint density at radius 2 is 1.77 bits per heavy atom. The average molecular weight is 373 g/mol. The largest absolute Gasteiger partial charge is 0.479 e. The maximum absolute atomic E-state index is 12.7. The third kappa shape index (κ3) is 4.28. The van der Waals surface area contributed by atoms with Gasteiger partial charge in [0.1, 0.15) is 11.1 Å². The smallest absolute Gasteiger partial charge is 0.416 e. The summed E-state index contributed by atoms with van der Waals surface area (Å²) in [7, 11) is 0. The first-order valence-electron chi connectivity index (χ1n) is 8.25. The summed E-state index contributed by atoms with van der Waals surface area (Å²) >= 11 is 0. The summed E-state index contributed by atoms with van der Waals surface area (Å²) < 4.78 is 43.4. The van der Waals surface area contributed by atoms with Crippen LogP contribution in [0, 0.1) is 0 Å². The second-order valence-corrected chi connectivity index (χ2v) is 7.44. The Labute approximate surface area is 149 Å². The Morgan fingerprint density at radius 1 is 1.19 bits per heavy atom. The Bertz CT molecular complexity index is 679. The van der Waals surface area contributed by atoms with Crippen molar-refractivity contribution in [3.63, 3.8) is 0 Å². The second kappa shape index (κ2) is 6.81. The predicted molar refractivity (Wildman–Crippen MR) is 87.7 cm³/mol.